The van der Waals surface area contributed by atoms with E-state index < -0.39 is 106 Å². The minimum Gasteiger partial charge on any atom is -0.507 e. The Morgan fingerprint density at radius 2 is 1.06 bits per heavy atom. The number of fused-ring (bicyclic) bond motifs is 4. The fourth-order valence-electron chi connectivity index (χ4n) is 7.60. The van der Waals surface area contributed by atoms with Crippen LogP contribution >= 0.6 is 0 Å². The van der Waals surface area contributed by atoms with Crippen LogP contribution < -0.4 is 9.47 Å². The lowest BCUT2D eigenvalue weighted by atomic mass is 9.69. The topological polar surface area (TPSA) is 227 Å². The van der Waals surface area contributed by atoms with E-state index >= 15 is 0 Å². The van der Waals surface area contributed by atoms with Gasteiger partial charge in [0.15, 0.2) is 23.8 Å². The molecule has 4 aliphatic rings. The number of esters is 2. The predicted octanol–water partition coefficient (Wildman–Crippen LogP) is 2.63. The van der Waals surface area contributed by atoms with Gasteiger partial charge in [-0.1, -0.05) is 13.8 Å². The molecule has 254 valence electrons. The summed E-state index contributed by atoms with van der Waals surface area (Å²) in [5, 5.41) is 66.7. The van der Waals surface area contributed by atoms with Gasteiger partial charge in [-0.15, -0.1) is 0 Å². The lowest BCUT2D eigenvalue weighted by molar-refractivity contribution is -0.172. The highest BCUT2D eigenvalue weighted by molar-refractivity contribution is 6.08. The van der Waals surface area contributed by atoms with Crippen molar-refractivity contribution in [2.24, 2.45) is 11.8 Å². The van der Waals surface area contributed by atoms with Crippen LogP contribution in [-0.4, -0.2) is 90.8 Å². The first-order valence-corrected chi connectivity index (χ1v) is 15.2. The van der Waals surface area contributed by atoms with Crippen LogP contribution in [0.4, 0.5) is 0 Å². The molecule has 2 saturated carbocycles. The summed E-state index contributed by atoms with van der Waals surface area (Å²) in [4.78, 5) is 51.0. The molecule has 0 saturated heterocycles. The average molecular weight is 667 g/mol. The second-order valence-corrected chi connectivity index (χ2v) is 12.7. The summed E-state index contributed by atoms with van der Waals surface area (Å²) in [6.07, 6.45) is -2.88. The molecule has 2 fully saturated rings. The van der Waals surface area contributed by atoms with Crippen LogP contribution in [0.15, 0.2) is 35.4 Å². The SMILES string of the molecule is CC(=O)OC1C(C)CC(=O)C2=C(O)c3c(O)ccc(-c4ccc(O)c5c4OC4(CO)C(=C5O)C(=O)CC(C)C4OC(C)=O)c3OC21CO. The molecule has 0 amide bonds. The number of phenols is 2. The van der Waals surface area contributed by atoms with Crippen LogP contribution in [-0.2, 0) is 28.7 Å². The van der Waals surface area contributed by atoms with E-state index in [0.29, 0.717) is 0 Å². The van der Waals surface area contributed by atoms with Crippen molar-refractivity contribution in [2.75, 3.05) is 13.2 Å². The summed E-state index contributed by atoms with van der Waals surface area (Å²) in [5.74, 6) is -7.16. The molecule has 6 unspecified atom stereocenters. The lowest BCUT2D eigenvalue weighted by Gasteiger charge is -2.49. The van der Waals surface area contributed by atoms with Gasteiger partial charge >= 0.3 is 11.9 Å². The maximum absolute atomic E-state index is 13.3. The van der Waals surface area contributed by atoms with Crippen molar-refractivity contribution in [3.63, 3.8) is 0 Å². The molecule has 14 heteroatoms. The highest BCUT2D eigenvalue weighted by Gasteiger charge is 2.61. The smallest absolute Gasteiger partial charge is 0.303 e. The number of rotatable bonds is 5. The monoisotopic (exact) mass is 666 g/mol. The maximum atomic E-state index is 13.3. The zero-order valence-corrected chi connectivity index (χ0v) is 26.4. The Morgan fingerprint density at radius 3 is 1.38 bits per heavy atom. The third-order valence-electron chi connectivity index (χ3n) is 9.50. The fraction of sp³-hybridized carbons (Fsp3) is 0.412. The number of phenolic OH excluding ortho intramolecular Hbond substituents is 2. The van der Waals surface area contributed by atoms with Gasteiger partial charge in [0, 0.05) is 49.7 Å². The van der Waals surface area contributed by atoms with Gasteiger partial charge in [0.2, 0.25) is 11.2 Å². The van der Waals surface area contributed by atoms with Crippen LogP contribution in [0.25, 0.3) is 22.6 Å². The Kier molecular flexibility index (Phi) is 7.71. The van der Waals surface area contributed by atoms with E-state index in [2.05, 4.69) is 0 Å². The van der Waals surface area contributed by atoms with Crippen molar-refractivity contribution in [3.8, 4) is 34.1 Å². The summed E-state index contributed by atoms with van der Waals surface area (Å²) < 4.78 is 23.9. The first-order valence-electron chi connectivity index (χ1n) is 15.2. The molecular weight excluding hydrogens is 632 g/mol. The molecule has 0 aromatic heterocycles. The van der Waals surface area contributed by atoms with Gasteiger partial charge < -0.3 is 49.6 Å². The van der Waals surface area contributed by atoms with Gasteiger partial charge in [0.1, 0.15) is 45.6 Å². The van der Waals surface area contributed by atoms with Crippen LogP contribution in [0.1, 0.15) is 51.7 Å². The summed E-state index contributed by atoms with van der Waals surface area (Å²) in [6.45, 7) is 3.60. The number of aliphatic hydroxyl groups excluding tert-OH is 4. The third-order valence-corrected chi connectivity index (χ3v) is 9.50. The number of hydrogen-bond donors (Lipinski definition) is 6. The van der Waals surface area contributed by atoms with Gasteiger partial charge in [0.05, 0.1) is 24.4 Å². The summed E-state index contributed by atoms with van der Waals surface area (Å²) in [5.41, 5.74) is -5.68. The van der Waals surface area contributed by atoms with Crippen molar-refractivity contribution in [2.45, 2.75) is 63.9 Å². The van der Waals surface area contributed by atoms with E-state index in [0.717, 1.165) is 13.8 Å². The van der Waals surface area contributed by atoms with Gasteiger partial charge in [-0.25, -0.2) is 0 Å². The Balaban J connectivity index is 1.64. The number of hydrogen-bond acceptors (Lipinski definition) is 14. The molecule has 2 heterocycles. The molecule has 0 spiro atoms. The van der Waals surface area contributed by atoms with Crippen molar-refractivity contribution < 1.29 is 68.8 Å². The zero-order chi connectivity index (χ0) is 35.0. The largest absolute Gasteiger partial charge is 0.507 e. The number of carbonyl (C=O) groups excluding carboxylic acids is 4. The van der Waals surface area contributed by atoms with Crippen molar-refractivity contribution >= 4 is 35.0 Å². The van der Waals surface area contributed by atoms with E-state index in [1.54, 1.807) is 13.8 Å². The molecular formula is C34H34O14. The van der Waals surface area contributed by atoms with Gasteiger partial charge in [0.25, 0.3) is 0 Å². The molecule has 2 aromatic rings. The van der Waals surface area contributed by atoms with Crippen LogP contribution in [0.5, 0.6) is 23.0 Å². The quantitative estimate of drug-likeness (QED) is 0.252. The maximum Gasteiger partial charge on any atom is 0.303 e. The van der Waals surface area contributed by atoms with E-state index in [1.165, 1.54) is 24.3 Å². The number of ketones is 2. The number of benzene rings is 2. The summed E-state index contributed by atoms with van der Waals surface area (Å²) in [6, 6.07) is 5.03. The first-order chi connectivity index (χ1) is 22.6. The minimum absolute atomic E-state index is 0.0216. The molecule has 6 rings (SSSR count). The Hall–Kier alpha value is -5.08. The third kappa shape index (κ3) is 4.46. The molecule has 0 bridgehead atoms. The molecule has 6 N–H and O–H groups in total. The van der Waals surface area contributed by atoms with Gasteiger partial charge in [-0.3, -0.25) is 19.2 Å². The molecule has 48 heavy (non-hydrogen) atoms. The van der Waals surface area contributed by atoms with Crippen LogP contribution in [0.2, 0.25) is 0 Å². The molecule has 2 aliphatic heterocycles. The highest BCUT2D eigenvalue weighted by atomic mass is 16.6. The van der Waals surface area contributed by atoms with E-state index in [1.807, 2.05) is 0 Å². The number of Topliss-reactive ketones (excluding diaryl/α,β-unsaturated/α-hetero) is 2. The number of aromatic hydroxyl groups is 2. The van der Waals surface area contributed by atoms with Crippen molar-refractivity contribution in [3.05, 3.63) is 46.5 Å². The van der Waals surface area contributed by atoms with Gasteiger partial charge in [-0.2, -0.15) is 0 Å². The predicted molar refractivity (Wildman–Crippen MR) is 164 cm³/mol. The lowest BCUT2D eigenvalue weighted by Crippen LogP contribution is -2.62. The van der Waals surface area contributed by atoms with Crippen molar-refractivity contribution in [1.29, 1.82) is 0 Å². The molecule has 2 aromatic carbocycles. The zero-order valence-electron chi connectivity index (χ0n) is 26.4. The summed E-state index contributed by atoms with van der Waals surface area (Å²) in [7, 11) is 0. The Morgan fingerprint density at radius 1 is 0.708 bits per heavy atom. The molecule has 14 nitrogen and oxygen atoms in total. The van der Waals surface area contributed by atoms with Crippen LogP contribution in [0, 0.1) is 11.8 Å². The standard InChI is InChI=1S/C34H34O14/c1-13-9-21(41)25-27(43)23-19(39)7-5-17(29(23)47-33(25,11-35)31(13)45-15(3)37)18-6-8-20(40)24-28(44)26-22(42)10-14(2)32(46-16(4)38)34(26,12-36)48-30(18)24/h5-8,13-14,31-32,35-36,39-40,43-44H,9-12H2,1-4H3. The number of ether oxygens (including phenoxy) is 4. The number of aliphatic hydroxyl groups is 4. The average Bonchev–Trinajstić information content (AvgIpc) is 3.01. The Labute approximate surface area is 273 Å². The van der Waals surface area contributed by atoms with E-state index in [-0.39, 0.29) is 46.6 Å². The Bertz CT molecular complexity index is 1720. The van der Waals surface area contributed by atoms with Crippen LogP contribution in [0.3, 0.4) is 0 Å². The van der Waals surface area contributed by atoms with E-state index in [4.69, 9.17) is 18.9 Å². The fourth-order valence-corrected chi connectivity index (χ4v) is 7.60. The first kappa shape index (κ1) is 32.8. The normalized spacial score (nSPS) is 29.1. The van der Waals surface area contributed by atoms with E-state index in [9.17, 15) is 49.8 Å². The molecule has 6 atom stereocenters. The second kappa shape index (κ2) is 11.3. The van der Waals surface area contributed by atoms with Crippen molar-refractivity contribution in [1.82, 2.24) is 0 Å². The molecule has 2 aliphatic carbocycles. The minimum atomic E-state index is -2.12. The van der Waals surface area contributed by atoms with Gasteiger partial charge in [-0.05, 0) is 24.3 Å². The second-order valence-electron chi connectivity index (χ2n) is 12.7. The highest BCUT2D eigenvalue weighted by Crippen LogP contribution is 2.57. The summed E-state index contributed by atoms with van der Waals surface area (Å²) >= 11 is 0. The molecule has 0 radical (unpaired) electrons. The number of carbonyl (C=O) groups is 4.